The monoisotopic (exact) mass is 282 g/mol. The first-order chi connectivity index (χ1) is 8.80. The first-order valence-corrected chi connectivity index (χ1v) is 6.34. The predicted octanol–water partition coefficient (Wildman–Crippen LogP) is 3.56. The second-order valence-corrected chi connectivity index (χ2v) is 5.65. The Morgan fingerprint density at radius 3 is 2.68 bits per heavy atom. The Hall–Kier alpha value is -1.62. The number of nitrogens with zero attached hydrogens (tertiary/aromatic N) is 2. The van der Waals surface area contributed by atoms with Crippen molar-refractivity contribution < 1.29 is 9.66 Å². The number of ether oxygens (including phenoxy) is 1. The van der Waals surface area contributed by atoms with E-state index in [4.69, 9.17) is 16.3 Å². The van der Waals surface area contributed by atoms with Gasteiger partial charge in [0.15, 0.2) is 5.90 Å². The van der Waals surface area contributed by atoms with Gasteiger partial charge in [-0.15, -0.1) is 0 Å². The van der Waals surface area contributed by atoms with Crippen LogP contribution in [-0.2, 0) is 4.74 Å². The SMILES string of the molecule is CC(C1=NC(C)(C)CO1)c1ccc([N+](=O)[O-])c(Cl)c1. The zero-order valence-corrected chi connectivity index (χ0v) is 11.8. The van der Waals surface area contributed by atoms with Gasteiger partial charge in [0.25, 0.3) is 5.69 Å². The van der Waals surface area contributed by atoms with Crippen molar-refractivity contribution >= 4 is 23.2 Å². The topological polar surface area (TPSA) is 64.7 Å². The number of halogens is 1. The van der Waals surface area contributed by atoms with Gasteiger partial charge in [-0.05, 0) is 32.4 Å². The van der Waals surface area contributed by atoms with Gasteiger partial charge in [-0.2, -0.15) is 0 Å². The molecule has 0 amide bonds. The predicted molar refractivity (Wildman–Crippen MR) is 74.0 cm³/mol. The molecular formula is C13H15ClN2O3. The fraction of sp³-hybridized carbons (Fsp3) is 0.462. The molecule has 6 heteroatoms. The molecule has 0 radical (unpaired) electrons. The van der Waals surface area contributed by atoms with Crippen LogP contribution in [0.3, 0.4) is 0 Å². The molecule has 1 aromatic rings. The van der Waals surface area contributed by atoms with Crippen molar-refractivity contribution in [2.24, 2.45) is 4.99 Å². The van der Waals surface area contributed by atoms with Crippen LogP contribution in [0.5, 0.6) is 0 Å². The van der Waals surface area contributed by atoms with Gasteiger partial charge in [0.05, 0.1) is 16.4 Å². The smallest absolute Gasteiger partial charge is 0.287 e. The van der Waals surface area contributed by atoms with Crippen molar-refractivity contribution in [1.29, 1.82) is 0 Å². The average molecular weight is 283 g/mol. The molecule has 0 fully saturated rings. The van der Waals surface area contributed by atoms with Crippen LogP contribution in [0.25, 0.3) is 0 Å². The molecule has 0 N–H and O–H groups in total. The molecule has 0 saturated heterocycles. The lowest BCUT2D eigenvalue weighted by atomic mass is 10.0. The lowest BCUT2D eigenvalue weighted by molar-refractivity contribution is -0.384. The van der Waals surface area contributed by atoms with Gasteiger partial charge < -0.3 is 4.74 Å². The standard InChI is InChI=1S/C13H15ClN2O3/c1-8(12-15-13(2,3)7-19-12)9-4-5-11(16(17)18)10(14)6-9/h4-6,8H,7H2,1-3H3. The van der Waals surface area contributed by atoms with E-state index >= 15 is 0 Å². The van der Waals surface area contributed by atoms with Gasteiger partial charge in [0.1, 0.15) is 11.6 Å². The van der Waals surface area contributed by atoms with E-state index in [9.17, 15) is 10.1 Å². The minimum atomic E-state index is -0.497. The lowest BCUT2D eigenvalue weighted by Gasteiger charge is -2.11. The molecule has 102 valence electrons. The number of rotatable bonds is 3. The second kappa shape index (κ2) is 4.81. The van der Waals surface area contributed by atoms with E-state index in [1.54, 1.807) is 12.1 Å². The average Bonchev–Trinajstić information content (AvgIpc) is 2.68. The minimum Gasteiger partial charge on any atom is -0.478 e. The van der Waals surface area contributed by atoms with Crippen LogP contribution in [0.15, 0.2) is 23.2 Å². The Kier molecular flexibility index (Phi) is 3.49. The Bertz CT molecular complexity index is 555. The maximum atomic E-state index is 10.7. The third-order valence-corrected chi connectivity index (χ3v) is 3.33. The van der Waals surface area contributed by atoms with Crippen molar-refractivity contribution in [3.63, 3.8) is 0 Å². The molecule has 1 aliphatic rings. The summed E-state index contributed by atoms with van der Waals surface area (Å²) in [5, 5.41) is 10.8. The zero-order chi connectivity index (χ0) is 14.2. The van der Waals surface area contributed by atoms with E-state index in [0.29, 0.717) is 12.5 Å². The first kappa shape index (κ1) is 13.8. The molecule has 1 aromatic carbocycles. The van der Waals surface area contributed by atoms with Gasteiger partial charge >= 0.3 is 0 Å². The highest BCUT2D eigenvalue weighted by molar-refractivity contribution is 6.32. The molecule has 5 nitrogen and oxygen atoms in total. The number of aliphatic imine (C=N–C) groups is 1. The van der Waals surface area contributed by atoms with Crippen LogP contribution in [0, 0.1) is 10.1 Å². The highest BCUT2D eigenvalue weighted by Crippen LogP contribution is 2.31. The van der Waals surface area contributed by atoms with Crippen LogP contribution in [0.2, 0.25) is 5.02 Å². The van der Waals surface area contributed by atoms with Crippen LogP contribution in [0.4, 0.5) is 5.69 Å². The highest BCUT2D eigenvalue weighted by Gasteiger charge is 2.30. The third-order valence-electron chi connectivity index (χ3n) is 3.02. The summed E-state index contributed by atoms with van der Waals surface area (Å²) in [7, 11) is 0. The van der Waals surface area contributed by atoms with Gasteiger partial charge in [0, 0.05) is 6.07 Å². The van der Waals surface area contributed by atoms with Gasteiger partial charge in [-0.25, -0.2) is 4.99 Å². The van der Waals surface area contributed by atoms with Crippen LogP contribution < -0.4 is 0 Å². The summed E-state index contributed by atoms with van der Waals surface area (Å²) in [5.74, 6) is 0.579. The Morgan fingerprint density at radius 2 is 2.21 bits per heavy atom. The molecule has 0 aliphatic carbocycles. The molecule has 0 saturated carbocycles. The largest absolute Gasteiger partial charge is 0.478 e. The summed E-state index contributed by atoms with van der Waals surface area (Å²) >= 11 is 5.91. The summed E-state index contributed by atoms with van der Waals surface area (Å²) in [6.07, 6.45) is 0. The van der Waals surface area contributed by atoms with E-state index in [0.717, 1.165) is 5.56 Å². The fourth-order valence-electron chi connectivity index (χ4n) is 1.92. The van der Waals surface area contributed by atoms with Crippen LogP contribution >= 0.6 is 11.6 Å². The molecule has 2 rings (SSSR count). The van der Waals surface area contributed by atoms with E-state index in [2.05, 4.69) is 4.99 Å². The van der Waals surface area contributed by atoms with Crippen molar-refractivity contribution in [2.75, 3.05) is 6.61 Å². The molecule has 1 aliphatic heterocycles. The molecule has 0 aromatic heterocycles. The summed E-state index contributed by atoms with van der Waals surface area (Å²) in [6.45, 7) is 6.48. The molecule has 19 heavy (non-hydrogen) atoms. The summed E-state index contributed by atoms with van der Waals surface area (Å²) in [5.41, 5.74) is 0.549. The highest BCUT2D eigenvalue weighted by atomic mass is 35.5. The molecule has 1 atom stereocenters. The van der Waals surface area contributed by atoms with E-state index in [1.807, 2.05) is 20.8 Å². The van der Waals surface area contributed by atoms with E-state index in [-0.39, 0.29) is 22.2 Å². The number of hydrogen-bond donors (Lipinski definition) is 0. The Labute approximate surface area is 116 Å². The van der Waals surface area contributed by atoms with Crippen molar-refractivity contribution in [1.82, 2.24) is 0 Å². The quantitative estimate of drug-likeness (QED) is 0.629. The maximum Gasteiger partial charge on any atom is 0.287 e. The Morgan fingerprint density at radius 1 is 1.53 bits per heavy atom. The van der Waals surface area contributed by atoms with Gasteiger partial charge in [-0.1, -0.05) is 17.7 Å². The van der Waals surface area contributed by atoms with Crippen molar-refractivity contribution in [3.05, 3.63) is 38.9 Å². The van der Waals surface area contributed by atoms with Gasteiger partial charge in [0.2, 0.25) is 0 Å². The van der Waals surface area contributed by atoms with Crippen molar-refractivity contribution in [2.45, 2.75) is 32.2 Å². The van der Waals surface area contributed by atoms with E-state index in [1.165, 1.54) is 6.07 Å². The van der Waals surface area contributed by atoms with Crippen molar-refractivity contribution in [3.8, 4) is 0 Å². The zero-order valence-electron chi connectivity index (χ0n) is 11.0. The minimum absolute atomic E-state index is 0.0694. The summed E-state index contributed by atoms with van der Waals surface area (Å²) in [6, 6.07) is 4.70. The summed E-state index contributed by atoms with van der Waals surface area (Å²) in [4.78, 5) is 14.7. The molecule has 0 bridgehead atoms. The Balaban J connectivity index is 2.28. The molecular weight excluding hydrogens is 268 g/mol. The van der Waals surface area contributed by atoms with E-state index < -0.39 is 4.92 Å². The molecule has 1 unspecified atom stereocenters. The lowest BCUT2D eigenvalue weighted by Crippen LogP contribution is -2.17. The van der Waals surface area contributed by atoms with Crippen LogP contribution in [-0.4, -0.2) is 23.0 Å². The number of hydrogen-bond acceptors (Lipinski definition) is 4. The summed E-state index contributed by atoms with van der Waals surface area (Å²) < 4.78 is 5.58. The number of benzene rings is 1. The number of nitro benzene ring substituents is 1. The fourth-order valence-corrected chi connectivity index (χ4v) is 2.18. The normalized spacial score (nSPS) is 18.6. The first-order valence-electron chi connectivity index (χ1n) is 5.96. The number of nitro groups is 1. The molecule has 0 spiro atoms. The maximum absolute atomic E-state index is 10.7. The third kappa shape index (κ3) is 2.87. The second-order valence-electron chi connectivity index (χ2n) is 5.24. The van der Waals surface area contributed by atoms with Crippen LogP contribution in [0.1, 0.15) is 32.3 Å². The van der Waals surface area contributed by atoms with Gasteiger partial charge in [-0.3, -0.25) is 10.1 Å². The molecule has 1 heterocycles.